The molecule has 0 radical (unpaired) electrons. The van der Waals surface area contributed by atoms with Gasteiger partial charge >= 0.3 is 0 Å². The second kappa shape index (κ2) is 8.72. The Morgan fingerprint density at radius 2 is 1.52 bits per heavy atom. The van der Waals surface area contributed by atoms with Gasteiger partial charge in [-0.1, -0.05) is 93.2 Å². The highest BCUT2D eigenvalue weighted by Crippen LogP contribution is 2.31. The fourth-order valence-corrected chi connectivity index (χ4v) is 4.39. The smallest absolute Gasteiger partial charge is 0.196 e. The van der Waals surface area contributed by atoms with Crippen molar-refractivity contribution in [3.8, 4) is 17.1 Å². The average Bonchev–Trinajstić information content (AvgIpc) is 3.18. The highest BCUT2D eigenvalue weighted by Gasteiger charge is 2.17. The van der Waals surface area contributed by atoms with Gasteiger partial charge in [0.25, 0.3) is 0 Å². The van der Waals surface area contributed by atoms with E-state index >= 15 is 0 Å². The molecule has 158 valence electrons. The van der Waals surface area contributed by atoms with Crippen LogP contribution in [0, 0.1) is 13.8 Å². The highest BCUT2D eigenvalue weighted by atomic mass is 32.2. The van der Waals surface area contributed by atoms with E-state index in [9.17, 15) is 0 Å². The van der Waals surface area contributed by atoms with Gasteiger partial charge in [-0.15, -0.1) is 10.2 Å². The van der Waals surface area contributed by atoms with Crippen LogP contribution in [0.25, 0.3) is 17.1 Å². The Morgan fingerprint density at radius 1 is 0.806 bits per heavy atom. The Bertz CT molecular complexity index is 1170. The first-order valence-corrected chi connectivity index (χ1v) is 11.6. The molecule has 3 nitrogen and oxygen atoms in total. The second-order valence-corrected chi connectivity index (χ2v) is 9.95. The van der Waals surface area contributed by atoms with Gasteiger partial charge in [-0.2, -0.15) is 0 Å². The number of thioether (sulfide) groups is 1. The van der Waals surface area contributed by atoms with Crippen LogP contribution in [-0.4, -0.2) is 14.8 Å². The Morgan fingerprint density at radius 3 is 2.16 bits per heavy atom. The van der Waals surface area contributed by atoms with Crippen LogP contribution >= 0.6 is 11.8 Å². The molecule has 0 saturated carbocycles. The first kappa shape index (κ1) is 21.4. The van der Waals surface area contributed by atoms with Crippen molar-refractivity contribution in [1.29, 1.82) is 0 Å². The molecule has 3 aromatic carbocycles. The monoisotopic (exact) mass is 427 g/mol. The van der Waals surface area contributed by atoms with E-state index in [0.717, 1.165) is 28.0 Å². The van der Waals surface area contributed by atoms with E-state index in [-0.39, 0.29) is 5.41 Å². The van der Waals surface area contributed by atoms with Crippen molar-refractivity contribution in [3.63, 3.8) is 0 Å². The van der Waals surface area contributed by atoms with E-state index in [1.807, 2.05) is 18.2 Å². The van der Waals surface area contributed by atoms with E-state index in [2.05, 4.69) is 104 Å². The van der Waals surface area contributed by atoms with Crippen LogP contribution in [0.4, 0.5) is 0 Å². The van der Waals surface area contributed by atoms with Crippen molar-refractivity contribution in [2.24, 2.45) is 0 Å². The van der Waals surface area contributed by atoms with Crippen LogP contribution in [0.1, 0.15) is 43.0 Å². The molecule has 1 heterocycles. The molecular weight excluding hydrogens is 398 g/mol. The molecule has 0 aliphatic heterocycles. The molecule has 0 aliphatic carbocycles. The number of aromatic nitrogens is 3. The van der Waals surface area contributed by atoms with Gasteiger partial charge < -0.3 is 0 Å². The van der Waals surface area contributed by atoms with Gasteiger partial charge in [-0.05, 0) is 53.6 Å². The molecule has 0 atom stereocenters. The lowest BCUT2D eigenvalue weighted by Gasteiger charge is -2.19. The summed E-state index contributed by atoms with van der Waals surface area (Å²) < 4.78 is 2.18. The summed E-state index contributed by atoms with van der Waals surface area (Å²) >= 11 is 1.72. The summed E-state index contributed by atoms with van der Waals surface area (Å²) in [5.74, 6) is 1.72. The molecule has 4 aromatic rings. The third-order valence-electron chi connectivity index (χ3n) is 5.60. The summed E-state index contributed by atoms with van der Waals surface area (Å²) in [7, 11) is 0. The molecule has 0 N–H and O–H groups in total. The first-order valence-electron chi connectivity index (χ1n) is 10.6. The van der Waals surface area contributed by atoms with E-state index in [4.69, 9.17) is 0 Å². The Balaban J connectivity index is 1.67. The van der Waals surface area contributed by atoms with Gasteiger partial charge in [0.2, 0.25) is 0 Å². The normalized spacial score (nSPS) is 11.6. The summed E-state index contributed by atoms with van der Waals surface area (Å²) in [6, 6.07) is 25.7. The minimum atomic E-state index is 0.166. The third-order valence-corrected chi connectivity index (χ3v) is 6.60. The molecule has 0 fully saturated rings. The largest absolute Gasteiger partial charge is 0.270 e. The summed E-state index contributed by atoms with van der Waals surface area (Å²) in [4.78, 5) is 0. The lowest BCUT2D eigenvalue weighted by molar-refractivity contribution is 0.590. The zero-order chi connectivity index (χ0) is 22.0. The van der Waals surface area contributed by atoms with Crippen LogP contribution in [-0.2, 0) is 11.2 Å². The molecule has 0 saturated heterocycles. The summed E-state index contributed by atoms with van der Waals surface area (Å²) in [5.41, 5.74) is 7.51. The second-order valence-electron chi connectivity index (χ2n) is 9.01. The molecule has 0 spiro atoms. The Hall–Kier alpha value is -2.85. The maximum Gasteiger partial charge on any atom is 0.196 e. The lowest BCUT2D eigenvalue weighted by Crippen LogP contribution is -2.10. The topological polar surface area (TPSA) is 30.7 Å². The quantitative estimate of drug-likeness (QED) is 0.317. The predicted octanol–water partition coefficient (Wildman–Crippen LogP) is 7.14. The molecule has 4 rings (SSSR count). The number of hydrogen-bond donors (Lipinski definition) is 0. The van der Waals surface area contributed by atoms with Crippen LogP contribution in [0.15, 0.2) is 78.0 Å². The highest BCUT2D eigenvalue weighted by molar-refractivity contribution is 7.98. The molecule has 4 heteroatoms. The molecule has 0 amide bonds. The molecule has 0 aliphatic rings. The van der Waals surface area contributed by atoms with Crippen molar-refractivity contribution in [1.82, 2.24) is 14.8 Å². The van der Waals surface area contributed by atoms with Crippen LogP contribution < -0.4 is 0 Å². The van der Waals surface area contributed by atoms with Crippen molar-refractivity contribution >= 4 is 11.8 Å². The van der Waals surface area contributed by atoms with Crippen molar-refractivity contribution in [2.75, 3.05) is 0 Å². The fraction of sp³-hybridized carbons (Fsp3) is 0.259. The zero-order valence-corrected chi connectivity index (χ0v) is 19.7. The predicted molar refractivity (Wildman–Crippen MR) is 131 cm³/mol. The minimum Gasteiger partial charge on any atom is -0.270 e. The molecule has 0 unspecified atom stereocenters. The van der Waals surface area contributed by atoms with E-state index in [1.165, 1.54) is 22.3 Å². The summed E-state index contributed by atoms with van der Waals surface area (Å²) in [6.07, 6.45) is 0. The molecule has 0 bridgehead atoms. The summed E-state index contributed by atoms with van der Waals surface area (Å²) in [5, 5.41) is 10.0. The minimum absolute atomic E-state index is 0.166. The Kier molecular flexibility index (Phi) is 6.01. The van der Waals surface area contributed by atoms with Crippen LogP contribution in [0.3, 0.4) is 0 Å². The van der Waals surface area contributed by atoms with Crippen molar-refractivity contribution < 1.29 is 0 Å². The number of aryl methyl sites for hydroxylation is 2. The third kappa shape index (κ3) is 4.75. The molecule has 31 heavy (non-hydrogen) atoms. The standard InChI is InChI=1S/C27H29N3S/c1-19-11-16-24(17-20(19)2)30-25(22-9-7-6-8-10-22)28-29-26(30)31-18-21-12-14-23(15-13-21)27(3,4)5/h6-17H,18H2,1-5H3. The van der Waals surface area contributed by atoms with Crippen molar-refractivity contribution in [3.05, 3.63) is 95.1 Å². The van der Waals surface area contributed by atoms with Crippen LogP contribution in [0.2, 0.25) is 0 Å². The van der Waals surface area contributed by atoms with Crippen molar-refractivity contribution in [2.45, 2.75) is 50.9 Å². The average molecular weight is 428 g/mol. The van der Waals surface area contributed by atoms with E-state index in [0.29, 0.717) is 0 Å². The van der Waals surface area contributed by atoms with E-state index < -0.39 is 0 Å². The van der Waals surface area contributed by atoms with Gasteiger partial charge in [0.05, 0.1) is 5.69 Å². The fourth-order valence-electron chi connectivity index (χ4n) is 3.48. The number of hydrogen-bond acceptors (Lipinski definition) is 3. The van der Waals surface area contributed by atoms with Gasteiger partial charge in [0.15, 0.2) is 11.0 Å². The van der Waals surface area contributed by atoms with Gasteiger partial charge in [0, 0.05) is 11.3 Å². The summed E-state index contributed by atoms with van der Waals surface area (Å²) in [6.45, 7) is 11.0. The van der Waals surface area contributed by atoms with Gasteiger partial charge in [-0.25, -0.2) is 0 Å². The van der Waals surface area contributed by atoms with Gasteiger partial charge in [0.1, 0.15) is 0 Å². The van der Waals surface area contributed by atoms with E-state index in [1.54, 1.807) is 11.8 Å². The van der Waals surface area contributed by atoms with Crippen LogP contribution in [0.5, 0.6) is 0 Å². The Labute approximate surface area is 189 Å². The number of benzene rings is 3. The lowest BCUT2D eigenvalue weighted by atomic mass is 9.87. The number of rotatable bonds is 5. The molecular formula is C27H29N3S. The SMILES string of the molecule is Cc1ccc(-n2c(SCc3ccc(C(C)(C)C)cc3)nnc2-c2ccccc2)cc1C. The number of nitrogens with zero attached hydrogens (tertiary/aromatic N) is 3. The first-order chi connectivity index (χ1) is 14.8. The van der Waals surface area contributed by atoms with Gasteiger partial charge in [-0.3, -0.25) is 4.57 Å². The molecule has 1 aromatic heterocycles. The maximum absolute atomic E-state index is 4.57. The maximum atomic E-state index is 4.57. The zero-order valence-electron chi connectivity index (χ0n) is 18.9.